The third kappa shape index (κ3) is 5.03. The van der Waals surface area contributed by atoms with E-state index in [0.29, 0.717) is 36.0 Å². The van der Waals surface area contributed by atoms with Gasteiger partial charge in [-0.15, -0.1) is 12.4 Å². The average Bonchev–Trinajstić information content (AvgIpc) is 3.46. The molecule has 1 amide bonds. The Morgan fingerprint density at radius 3 is 2.47 bits per heavy atom. The number of nitrogens with zero attached hydrogens (tertiary/aromatic N) is 4. The molecule has 11 heteroatoms. The second-order valence-electron chi connectivity index (χ2n) is 7.93. The van der Waals surface area contributed by atoms with Crippen LogP contribution in [0.4, 0.5) is 11.5 Å². The molecule has 1 aliphatic rings. The van der Waals surface area contributed by atoms with Gasteiger partial charge in [-0.05, 0) is 36.4 Å². The number of aromatic amines is 2. The minimum Gasteiger partial charge on any atom is -0.480 e. The van der Waals surface area contributed by atoms with E-state index < -0.39 is 5.97 Å². The Balaban J connectivity index is 0.00000274. The maximum absolute atomic E-state index is 12.7. The predicted molar refractivity (Wildman–Crippen MR) is 132 cm³/mol. The molecule has 0 radical (unpaired) electrons. The molecule has 2 aromatic heterocycles. The first-order valence-electron chi connectivity index (χ1n) is 10.7. The highest BCUT2D eigenvalue weighted by Crippen LogP contribution is 2.22. The molecule has 4 aromatic rings. The van der Waals surface area contributed by atoms with Crippen LogP contribution in [0.2, 0.25) is 0 Å². The van der Waals surface area contributed by atoms with Crippen molar-refractivity contribution in [2.75, 3.05) is 42.9 Å². The number of carbonyl (C=O) groups is 2. The van der Waals surface area contributed by atoms with Crippen LogP contribution in [0.25, 0.3) is 22.6 Å². The number of hydrogen-bond acceptors (Lipinski definition) is 6. The van der Waals surface area contributed by atoms with Crippen molar-refractivity contribution in [1.29, 1.82) is 0 Å². The lowest BCUT2D eigenvalue weighted by Gasteiger charge is -2.35. The van der Waals surface area contributed by atoms with Gasteiger partial charge in [0, 0.05) is 43.5 Å². The normalized spacial score (nSPS) is 14.1. The third-order valence-electron chi connectivity index (χ3n) is 5.69. The van der Waals surface area contributed by atoms with Crippen molar-refractivity contribution in [3.05, 3.63) is 60.2 Å². The highest BCUT2D eigenvalue weighted by atomic mass is 35.5. The third-order valence-corrected chi connectivity index (χ3v) is 5.69. The van der Waals surface area contributed by atoms with Crippen LogP contribution in [-0.2, 0) is 4.79 Å². The minimum atomic E-state index is -0.805. The van der Waals surface area contributed by atoms with E-state index >= 15 is 0 Å². The Morgan fingerprint density at radius 1 is 1.03 bits per heavy atom. The Morgan fingerprint density at radius 2 is 1.76 bits per heavy atom. The monoisotopic (exact) mass is 481 g/mol. The van der Waals surface area contributed by atoms with Gasteiger partial charge in [0.25, 0.3) is 5.91 Å². The molecular formula is C23H24ClN7O3. The summed E-state index contributed by atoms with van der Waals surface area (Å²) in [7, 11) is 0. The van der Waals surface area contributed by atoms with Crippen LogP contribution in [0.1, 0.15) is 10.4 Å². The number of piperazine rings is 1. The van der Waals surface area contributed by atoms with E-state index in [1.54, 1.807) is 18.2 Å². The van der Waals surface area contributed by atoms with Gasteiger partial charge in [-0.2, -0.15) is 5.10 Å². The van der Waals surface area contributed by atoms with Crippen molar-refractivity contribution in [1.82, 2.24) is 25.1 Å². The van der Waals surface area contributed by atoms with Crippen LogP contribution < -0.4 is 10.2 Å². The molecule has 0 unspecified atom stereocenters. The van der Waals surface area contributed by atoms with Gasteiger partial charge in [0.15, 0.2) is 11.6 Å². The van der Waals surface area contributed by atoms with E-state index in [9.17, 15) is 9.59 Å². The first-order valence-corrected chi connectivity index (χ1v) is 10.7. The van der Waals surface area contributed by atoms with Gasteiger partial charge in [-0.25, -0.2) is 4.98 Å². The summed E-state index contributed by atoms with van der Waals surface area (Å²) in [5.74, 6) is 0.00186. The van der Waals surface area contributed by atoms with Gasteiger partial charge in [-0.1, -0.05) is 12.1 Å². The molecule has 1 saturated heterocycles. The van der Waals surface area contributed by atoms with Crippen molar-refractivity contribution in [3.8, 4) is 11.5 Å². The summed E-state index contributed by atoms with van der Waals surface area (Å²) in [6.45, 7) is 2.95. The molecule has 0 bridgehead atoms. The zero-order valence-corrected chi connectivity index (χ0v) is 19.0. The Bertz CT molecular complexity index is 1260. The van der Waals surface area contributed by atoms with Gasteiger partial charge >= 0.3 is 5.97 Å². The molecule has 1 fully saturated rings. The molecule has 0 atom stereocenters. The molecule has 5 rings (SSSR count). The first-order chi connectivity index (χ1) is 16.0. The van der Waals surface area contributed by atoms with Crippen molar-refractivity contribution < 1.29 is 14.7 Å². The summed E-state index contributed by atoms with van der Waals surface area (Å²) >= 11 is 0. The lowest BCUT2D eigenvalue weighted by atomic mass is 10.1. The van der Waals surface area contributed by atoms with Crippen LogP contribution in [0, 0.1) is 0 Å². The molecule has 34 heavy (non-hydrogen) atoms. The second-order valence-corrected chi connectivity index (χ2v) is 7.93. The van der Waals surface area contributed by atoms with E-state index in [0.717, 1.165) is 29.8 Å². The summed E-state index contributed by atoms with van der Waals surface area (Å²) in [4.78, 5) is 35.4. The number of rotatable bonds is 6. The fourth-order valence-corrected chi connectivity index (χ4v) is 3.96. The number of carbonyl (C=O) groups excluding carboxylic acids is 1. The van der Waals surface area contributed by atoms with Crippen molar-refractivity contribution in [2.45, 2.75) is 0 Å². The molecule has 176 valence electrons. The number of anilines is 2. The largest absolute Gasteiger partial charge is 0.480 e. The fraction of sp³-hybridized carbons (Fsp3) is 0.217. The summed E-state index contributed by atoms with van der Waals surface area (Å²) in [5.41, 5.74) is 4.00. The number of imidazole rings is 1. The Labute approximate surface area is 201 Å². The fourth-order valence-electron chi connectivity index (χ4n) is 3.96. The predicted octanol–water partition coefficient (Wildman–Crippen LogP) is 2.83. The number of amides is 1. The van der Waals surface area contributed by atoms with Crippen LogP contribution in [0.3, 0.4) is 0 Å². The molecule has 0 saturated carbocycles. The molecule has 0 spiro atoms. The maximum Gasteiger partial charge on any atom is 0.317 e. The number of halogens is 1. The number of H-pyrrole nitrogens is 2. The molecule has 1 aliphatic heterocycles. The standard InChI is InChI=1S/C23H23N7O3.ClH/c31-21(32)14-29-9-11-30(12-10-29)16-7-5-15(6-8-16)23(33)26-20-13-19(27-28-20)22-24-17-3-1-2-4-18(17)25-22;/h1-8,13H,9-12,14H2,(H,24,25)(H,31,32)(H2,26,27,28,33);1H. The van der Waals surface area contributed by atoms with Crippen molar-refractivity contribution >= 4 is 46.8 Å². The van der Waals surface area contributed by atoms with Gasteiger partial charge in [0.1, 0.15) is 5.69 Å². The van der Waals surface area contributed by atoms with E-state index in [1.807, 2.05) is 41.3 Å². The van der Waals surface area contributed by atoms with E-state index in [-0.39, 0.29) is 24.9 Å². The van der Waals surface area contributed by atoms with Crippen LogP contribution >= 0.6 is 12.4 Å². The molecule has 4 N–H and O–H groups in total. The number of benzene rings is 2. The number of hydrogen-bond donors (Lipinski definition) is 4. The quantitative estimate of drug-likeness (QED) is 0.333. The summed E-state index contributed by atoms with van der Waals surface area (Å²) in [5, 5.41) is 18.8. The highest BCUT2D eigenvalue weighted by Gasteiger charge is 2.19. The summed E-state index contributed by atoms with van der Waals surface area (Å²) in [6, 6.07) is 16.9. The lowest BCUT2D eigenvalue weighted by Crippen LogP contribution is -2.47. The van der Waals surface area contributed by atoms with Gasteiger partial charge in [-0.3, -0.25) is 19.6 Å². The van der Waals surface area contributed by atoms with Crippen LogP contribution in [-0.4, -0.2) is 74.8 Å². The number of aliphatic carboxylic acids is 1. The number of carboxylic acids is 1. The number of carboxylic acid groups (broad SMARTS) is 1. The smallest absolute Gasteiger partial charge is 0.317 e. The highest BCUT2D eigenvalue weighted by molar-refractivity contribution is 6.04. The summed E-state index contributed by atoms with van der Waals surface area (Å²) < 4.78 is 0. The molecule has 3 heterocycles. The number of para-hydroxylation sites is 2. The number of aromatic nitrogens is 4. The van der Waals surface area contributed by atoms with Gasteiger partial charge in [0.2, 0.25) is 0 Å². The van der Waals surface area contributed by atoms with E-state index in [4.69, 9.17) is 5.11 Å². The number of nitrogens with one attached hydrogen (secondary N) is 3. The van der Waals surface area contributed by atoms with Crippen LogP contribution in [0.5, 0.6) is 0 Å². The van der Waals surface area contributed by atoms with E-state index in [2.05, 4.69) is 30.4 Å². The van der Waals surface area contributed by atoms with Gasteiger partial charge < -0.3 is 20.3 Å². The molecule has 2 aromatic carbocycles. The molecular weight excluding hydrogens is 458 g/mol. The maximum atomic E-state index is 12.7. The second kappa shape index (κ2) is 9.94. The average molecular weight is 482 g/mol. The molecule has 10 nitrogen and oxygen atoms in total. The lowest BCUT2D eigenvalue weighted by molar-refractivity contribution is -0.138. The van der Waals surface area contributed by atoms with Gasteiger partial charge in [0.05, 0.1) is 17.6 Å². The van der Waals surface area contributed by atoms with Crippen molar-refractivity contribution in [2.24, 2.45) is 0 Å². The zero-order chi connectivity index (χ0) is 22.8. The van der Waals surface area contributed by atoms with E-state index in [1.165, 1.54) is 0 Å². The molecule has 0 aliphatic carbocycles. The Hall–Kier alpha value is -3.89. The zero-order valence-electron chi connectivity index (χ0n) is 18.2. The topological polar surface area (TPSA) is 130 Å². The van der Waals surface area contributed by atoms with Crippen molar-refractivity contribution in [3.63, 3.8) is 0 Å². The number of fused-ring (bicyclic) bond motifs is 1. The minimum absolute atomic E-state index is 0. The van der Waals surface area contributed by atoms with Crippen LogP contribution in [0.15, 0.2) is 54.6 Å². The SMILES string of the molecule is Cl.O=C(O)CN1CCN(c2ccc(C(=O)Nc3cc(-c4nc5ccccc5[nH]4)[nH]n3)cc2)CC1. The Kier molecular flexibility index (Phi) is 6.80. The summed E-state index contributed by atoms with van der Waals surface area (Å²) in [6.07, 6.45) is 0. The first kappa shape index (κ1) is 23.3.